The van der Waals surface area contributed by atoms with Gasteiger partial charge in [-0.2, -0.15) is 4.68 Å². The van der Waals surface area contributed by atoms with Gasteiger partial charge in [-0.3, -0.25) is 4.79 Å². The van der Waals surface area contributed by atoms with Crippen LogP contribution >= 0.6 is 11.8 Å². The fourth-order valence-corrected chi connectivity index (χ4v) is 4.03. The molecule has 0 spiro atoms. The Hall–Kier alpha value is -2.47. The maximum absolute atomic E-state index is 12.6. The van der Waals surface area contributed by atoms with Crippen molar-refractivity contribution in [2.24, 2.45) is 0 Å². The largest absolute Gasteiger partial charge is 0.293 e. The number of fused-ring (bicyclic) bond motifs is 1. The van der Waals surface area contributed by atoms with Crippen molar-refractivity contribution in [2.45, 2.75) is 38.3 Å². The molecule has 0 radical (unpaired) electrons. The average molecular weight is 364 g/mol. The molecule has 1 aliphatic carbocycles. The summed E-state index contributed by atoms with van der Waals surface area (Å²) in [5.74, 6) is 0.434. The van der Waals surface area contributed by atoms with Gasteiger partial charge in [-0.15, -0.1) is 5.10 Å². The van der Waals surface area contributed by atoms with Crippen LogP contribution in [0, 0.1) is 13.8 Å². The van der Waals surface area contributed by atoms with Crippen LogP contribution in [-0.2, 0) is 12.8 Å². The monoisotopic (exact) mass is 364 g/mol. The van der Waals surface area contributed by atoms with Gasteiger partial charge in [-0.25, -0.2) is 0 Å². The van der Waals surface area contributed by atoms with E-state index >= 15 is 0 Å². The quantitative estimate of drug-likeness (QED) is 0.510. The number of ketones is 1. The van der Waals surface area contributed by atoms with E-state index in [1.165, 1.54) is 40.4 Å². The number of nitrogens with zero attached hydrogens (tertiary/aromatic N) is 4. The molecule has 0 amide bonds. The Labute approximate surface area is 156 Å². The van der Waals surface area contributed by atoms with E-state index in [1.807, 2.05) is 12.1 Å². The van der Waals surface area contributed by atoms with Crippen molar-refractivity contribution in [1.82, 2.24) is 20.2 Å². The van der Waals surface area contributed by atoms with Crippen LogP contribution in [0.2, 0.25) is 0 Å². The zero-order chi connectivity index (χ0) is 18.1. The highest BCUT2D eigenvalue weighted by Gasteiger charge is 2.16. The molecule has 0 saturated carbocycles. The summed E-state index contributed by atoms with van der Waals surface area (Å²) in [6.45, 7) is 4.14. The molecule has 6 heteroatoms. The van der Waals surface area contributed by atoms with Crippen LogP contribution in [0.25, 0.3) is 5.69 Å². The molecule has 0 atom stereocenters. The molecule has 26 heavy (non-hydrogen) atoms. The first-order chi connectivity index (χ1) is 12.6. The van der Waals surface area contributed by atoms with E-state index in [0.717, 1.165) is 24.1 Å². The smallest absolute Gasteiger partial charge is 0.214 e. The maximum atomic E-state index is 12.6. The third-order valence-electron chi connectivity index (χ3n) is 4.93. The summed E-state index contributed by atoms with van der Waals surface area (Å²) in [4.78, 5) is 12.6. The molecular formula is C20H20N4OS. The topological polar surface area (TPSA) is 60.7 Å². The van der Waals surface area contributed by atoms with Crippen LogP contribution in [0.1, 0.15) is 39.0 Å². The first-order valence-corrected chi connectivity index (χ1v) is 9.74. The Morgan fingerprint density at radius 1 is 1.08 bits per heavy atom. The molecule has 2 aromatic carbocycles. The molecule has 0 bridgehead atoms. The molecular weight excluding hydrogens is 344 g/mol. The standard InChI is InChI=1S/C20H20N4OS/c1-13-6-9-18(10-14(13)2)24-20(21-22-23-24)26-12-19(25)17-8-7-15-4-3-5-16(15)11-17/h6-11H,3-5,12H2,1-2H3. The molecule has 1 aliphatic rings. The van der Waals surface area contributed by atoms with Gasteiger partial charge >= 0.3 is 0 Å². The highest BCUT2D eigenvalue weighted by molar-refractivity contribution is 7.99. The molecule has 4 rings (SSSR count). The van der Waals surface area contributed by atoms with Crippen LogP contribution in [-0.4, -0.2) is 31.7 Å². The molecule has 0 unspecified atom stereocenters. The van der Waals surface area contributed by atoms with Crippen LogP contribution in [0.15, 0.2) is 41.6 Å². The molecule has 5 nitrogen and oxygen atoms in total. The average Bonchev–Trinajstić information content (AvgIpc) is 3.30. The van der Waals surface area contributed by atoms with Gasteiger partial charge in [0.15, 0.2) is 5.78 Å². The van der Waals surface area contributed by atoms with Gasteiger partial charge < -0.3 is 0 Å². The fraction of sp³-hybridized carbons (Fsp3) is 0.300. The number of rotatable bonds is 5. The highest BCUT2D eigenvalue weighted by Crippen LogP contribution is 2.25. The van der Waals surface area contributed by atoms with Crippen LogP contribution in [0.4, 0.5) is 0 Å². The van der Waals surface area contributed by atoms with Crippen LogP contribution in [0.3, 0.4) is 0 Å². The van der Waals surface area contributed by atoms with Gasteiger partial charge in [0.25, 0.3) is 0 Å². The summed E-state index contributed by atoms with van der Waals surface area (Å²) in [5, 5.41) is 12.6. The van der Waals surface area contributed by atoms with Gasteiger partial charge in [0.1, 0.15) is 0 Å². The Kier molecular flexibility index (Phi) is 4.59. The lowest BCUT2D eigenvalue weighted by Gasteiger charge is -2.07. The Morgan fingerprint density at radius 3 is 2.77 bits per heavy atom. The second kappa shape index (κ2) is 7.03. The zero-order valence-electron chi connectivity index (χ0n) is 14.9. The number of thioether (sulfide) groups is 1. The minimum Gasteiger partial charge on any atom is -0.293 e. The fourth-order valence-electron chi connectivity index (χ4n) is 3.25. The number of carbonyl (C=O) groups excluding carboxylic acids is 1. The minimum absolute atomic E-state index is 0.110. The van der Waals surface area contributed by atoms with Gasteiger partial charge in [0.05, 0.1) is 11.4 Å². The van der Waals surface area contributed by atoms with Crippen LogP contribution < -0.4 is 0 Å². The molecule has 1 heterocycles. The Morgan fingerprint density at radius 2 is 1.92 bits per heavy atom. The number of Topliss-reactive ketones (excluding diaryl/α,β-unsaturated/α-hetero) is 1. The summed E-state index contributed by atoms with van der Waals surface area (Å²) < 4.78 is 1.69. The number of aromatic nitrogens is 4. The van der Waals surface area contributed by atoms with Crippen molar-refractivity contribution in [3.63, 3.8) is 0 Å². The molecule has 0 N–H and O–H groups in total. The predicted molar refractivity (Wildman–Crippen MR) is 102 cm³/mol. The van der Waals surface area contributed by atoms with Crippen molar-refractivity contribution in [2.75, 3.05) is 5.75 Å². The SMILES string of the molecule is Cc1ccc(-n2nnnc2SCC(=O)c2ccc3c(c2)CCC3)cc1C. The number of carbonyl (C=O) groups is 1. The molecule has 1 aromatic heterocycles. The van der Waals surface area contributed by atoms with E-state index < -0.39 is 0 Å². The zero-order valence-corrected chi connectivity index (χ0v) is 15.7. The number of aryl methyl sites for hydroxylation is 4. The first kappa shape index (κ1) is 17.0. The number of hydrogen-bond donors (Lipinski definition) is 0. The molecule has 3 aromatic rings. The van der Waals surface area contributed by atoms with Gasteiger partial charge in [-0.1, -0.05) is 30.0 Å². The van der Waals surface area contributed by atoms with E-state index in [4.69, 9.17) is 0 Å². The van der Waals surface area contributed by atoms with Crippen molar-refractivity contribution in [3.05, 3.63) is 64.2 Å². The summed E-state index contributed by atoms with van der Waals surface area (Å²) in [5.41, 5.74) is 6.80. The van der Waals surface area contributed by atoms with E-state index in [0.29, 0.717) is 10.9 Å². The molecule has 0 saturated heterocycles. The van der Waals surface area contributed by atoms with Gasteiger partial charge in [-0.05, 0) is 84.0 Å². The summed E-state index contributed by atoms with van der Waals surface area (Å²) in [6.07, 6.45) is 3.39. The van der Waals surface area contributed by atoms with Crippen molar-refractivity contribution in [3.8, 4) is 5.69 Å². The lowest BCUT2D eigenvalue weighted by atomic mass is 10.0. The predicted octanol–water partition coefficient (Wildman–Crippen LogP) is 3.74. The normalized spacial score (nSPS) is 13.0. The molecule has 0 aliphatic heterocycles. The van der Waals surface area contributed by atoms with Crippen LogP contribution in [0.5, 0.6) is 0 Å². The van der Waals surface area contributed by atoms with E-state index in [2.05, 4.69) is 53.6 Å². The second-order valence-corrected chi connectivity index (χ2v) is 7.63. The summed E-state index contributed by atoms with van der Waals surface area (Å²) in [6, 6.07) is 12.2. The van der Waals surface area contributed by atoms with Gasteiger partial charge in [0.2, 0.25) is 5.16 Å². The minimum atomic E-state index is 0.110. The van der Waals surface area contributed by atoms with Crippen molar-refractivity contribution in [1.29, 1.82) is 0 Å². The number of benzene rings is 2. The lowest BCUT2D eigenvalue weighted by Crippen LogP contribution is -2.06. The second-order valence-electron chi connectivity index (χ2n) is 6.69. The van der Waals surface area contributed by atoms with E-state index in [9.17, 15) is 4.79 Å². The maximum Gasteiger partial charge on any atom is 0.214 e. The van der Waals surface area contributed by atoms with Crippen molar-refractivity contribution >= 4 is 17.5 Å². The first-order valence-electron chi connectivity index (χ1n) is 8.75. The summed E-state index contributed by atoms with van der Waals surface area (Å²) in [7, 11) is 0. The third-order valence-corrected chi connectivity index (χ3v) is 5.85. The number of hydrogen-bond acceptors (Lipinski definition) is 5. The third kappa shape index (κ3) is 3.29. The lowest BCUT2D eigenvalue weighted by molar-refractivity contribution is 0.102. The number of tetrazole rings is 1. The Balaban J connectivity index is 1.49. The van der Waals surface area contributed by atoms with E-state index in [-0.39, 0.29) is 5.78 Å². The van der Waals surface area contributed by atoms with Gasteiger partial charge in [0, 0.05) is 5.56 Å². The highest BCUT2D eigenvalue weighted by atomic mass is 32.2. The summed E-state index contributed by atoms with van der Waals surface area (Å²) >= 11 is 1.37. The Bertz CT molecular complexity index is 980. The molecule has 132 valence electrons. The van der Waals surface area contributed by atoms with Crippen molar-refractivity contribution < 1.29 is 4.79 Å². The molecule has 0 fully saturated rings. The van der Waals surface area contributed by atoms with E-state index in [1.54, 1.807) is 4.68 Å².